The molecule has 0 aliphatic rings. The molecule has 4 aromatic rings. The van der Waals surface area contributed by atoms with E-state index in [2.05, 4.69) is 4.98 Å². The summed E-state index contributed by atoms with van der Waals surface area (Å²) in [7, 11) is 1.57. The Labute approximate surface area is 181 Å². The van der Waals surface area contributed by atoms with E-state index >= 15 is 0 Å². The minimum atomic E-state index is 0.417. The molecule has 7 nitrogen and oxygen atoms in total. The van der Waals surface area contributed by atoms with Crippen LogP contribution in [0.5, 0.6) is 11.5 Å². The minimum absolute atomic E-state index is 0.417. The molecule has 0 saturated heterocycles. The number of aromatic nitrogens is 3. The molecule has 2 heterocycles. The molecule has 0 saturated carbocycles. The first kappa shape index (κ1) is 20.3. The Morgan fingerprint density at radius 3 is 2.52 bits per heavy atom. The van der Waals surface area contributed by atoms with Crippen LogP contribution in [0.3, 0.4) is 0 Å². The fourth-order valence-electron chi connectivity index (χ4n) is 3.43. The number of imidazole rings is 1. The van der Waals surface area contributed by atoms with Crippen LogP contribution in [-0.2, 0) is 6.61 Å². The first-order chi connectivity index (χ1) is 15.0. The number of nitrogens with two attached hydrogens (primary N) is 2. The number of ether oxygens (including phenoxy) is 2. The van der Waals surface area contributed by atoms with Crippen LogP contribution in [-0.4, -0.2) is 21.6 Å². The molecule has 0 fully saturated rings. The summed E-state index contributed by atoms with van der Waals surface area (Å²) in [4.78, 5) is 8.96. The third kappa shape index (κ3) is 3.90. The fourth-order valence-corrected chi connectivity index (χ4v) is 3.43. The van der Waals surface area contributed by atoms with Crippen molar-refractivity contribution in [3.63, 3.8) is 0 Å². The average Bonchev–Trinajstić information content (AvgIpc) is 3.08. The number of anilines is 2. The monoisotopic (exact) mass is 415 g/mol. The third-order valence-electron chi connectivity index (χ3n) is 5.18. The molecular weight excluding hydrogens is 390 g/mol. The van der Waals surface area contributed by atoms with Gasteiger partial charge in [-0.3, -0.25) is 9.55 Å². The Kier molecular flexibility index (Phi) is 5.49. The van der Waals surface area contributed by atoms with Gasteiger partial charge in [0, 0.05) is 30.1 Å². The number of benzene rings is 2. The topological polar surface area (TPSA) is 101 Å². The summed E-state index contributed by atoms with van der Waals surface area (Å²) in [6.07, 6.45) is 3.52. The van der Waals surface area contributed by atoms with Gasteiger partial charge < -0.3 is 20.9 Å². The minimum Gasteiger partial charge on any atom is -0.494 e. The van der Waals surface area contributed by atoms with Crippen LogP contribution in [0, 0.1) is 13.8 Å². The highest BCUT2D eigenvalue weighted by molar-refractivity contribution is 5.75. The Morgan fingerprint density at radius 1 is 1.03 bits per heavy atom. The second-order valence-corrected chi connectivity index (χ2v) is 7.26. The number of hydrogen-bond donors (Lipinski definition) is 2. The van der Waals surface area contributed by atoms with Crippen molar-refractivity contribution in [3.8, 4) is 28.6 Å². The first-order valence-electron chi connectivity index (χ1n) is 9.90. The Bertz CT molecular complexity index is 1220. The first-order valence-corrected chi connectivity index (χ1v) is 9.90. The van der Waals surface area contributed by atoms with E-state index < -0.39 is 0 Å². The predicted molar refractivity (Wildman–Crippen MR) is 122 cm³/mol. The number of aryl methyl sites for hydroxylation is 2. The second kappa shape index (κ2) is 8.39. The van der Waals surface area contributed by atoms with E-state index in [0.29, 0.717) is 46.8 Å². The molecule has 4 N–H and O–H groups in total. The molecule has 0 spiro atoms. The molecule has 0 radical (unpaired) electrons. The summed E-state index contributed by atoms with van der Waals surface area (Å²) in [6, 6.07) is 15.5. The summed E-state index contributed by atoms with van der Waals surface area (Å²) in [6.45, 7) is 4.29. The van der Waals surface area contributed by atoms with Gasteiger partial charge in [0.05, 0.1) is 24.2 Å². The number of nitrogen functional groups attached to an aromatic ring is 2. The van der Waals surface area contributed by atoms with Gasteiger partial charge in [-0.15, -0.1) is 0 Å². The molecule has 0 amide bonds. The van der Waals surface area contributed by atoms with Crippen molar-refractivity contribution in [1.29, 1.82) is 0 Å². The summed E-state index contributed by atoms with van der Waals surface area (Å²) < 4.78 is 13.4. The summed E-state index contributed by atoms with van der Waals surface area (Å²) in [5, 5.41) is 0. The summed E-state index contributed by atoms with van der Waals surface area (Å²) >= 11 is 0. The second-order valence-electron chi connectivity index (χ2n) is 7.26. The number of nitrogens with zero attached hydrogens (tertiary/aromatic N) is 3. The van der Waals surface area contributed by atoms with Crippen LogP contribution in [0.1, 0.15) is 16.8 Å². The molecule has 0 unspecified atom stereocenters. The normalized spacial score (nSPS) is 10.8. The maximum Gasteiger partial charge on any atom is 0.148 e. The van der Waals surface area contributed by atoms with E-state index in [1.165, 1.54) is 0 Å². The van der Waals surface area contributed by atoms with Gasteiger partial charge in [-0.2, -0.15) is 0 Å². The maximum absolute atomic E-state index is 6.46. The van der Waals surface area contributed by atoms with Gasteiger partial charge in [0.2, 0.25) is 0 Å². The zero-order chi connectivity index (χ0) is 22.0. The fraction of sp³-hybridized carbons (Fsp3) is 0.167. The highest BCUT2D eigenvalue weighted by Crippen LogP contribution is 2.38. The van der Waals surface area contributed by atoms with Gasteiger partial charge in [-0.05, 0) is 31.0 Å². The average molecular weight is 415 g/mol. The van der Waals surface area contributed by atoms with Crippen LogP contribution < -0.4 is 20.9 Å². The van der Waals surface area contributed by atoms with Gasteiger partial charge in [-0.25, -0.2) is 4.98 Å². The SMILES string of the molecule is COc1cc(OCc2ccccc2)cc(-n2c(-c3cnccc3C)nc(C)c2N)c1N. The zero-order valence-corrected chi connectivity index (χ0v) is 17.8. The van der Waals surface area contributed by atoms with E-state index in [1.54, 1.807) is 25.6 Å². The van der Waals surface area contributed by atoms with E-state index in [4.69, 9.17) is 25.9 Å². The van der Waals surface area contributed by atoms with Crippen molar-refractivity contribution in [2.24, 2.45) is 0 Å². The molecule has 0 bridgehead atoms. The van der Waals surface area contributed by atoms with Gasteiger partial charge in [0.15, 0.2) is 0 Å². The summed E-state index contributed by atoms with van der Waals surface area (Å²) in [5.41, 5.74) is 17.7. The lowest BCUT2D eigenvalue weighted by Crippen LogP contribution is -2.08. The molecule has 0 aliphatic heterocycles. The van der Waals surface area contributed by atoms with Crippen LogP contribution in [0.25, 0.3) is 17.1 Å². The van der Waals surface area contributed by atoms with Crippen molar-refractivity contribution >= 4 is 11.5 Å². The molecule has 158 valence electrons. The van der Waals surface area contributed by atoms with Gasteiger partial charge in [0.25, 0.3) is 0 Å². The lowest BCUT2D eigenvalue weighted by Gasteiger charge is -2.18. The van der Waals surface area contributed by atoms with Gasteiger partial charge in [0.1, 0.15) is 29.7 Å². The van der Waals surface area contributed by atoms with E-state index in [0.717, 1.165) is 16.7 Å². The number of methoxy groups -OCH3 is 1. The van der Waals surface area contributed by atoms with Crippen molar-refractivity contribution in [2.75, 3.05) is 18.6 Å². The predicted octanol–water partition coefficient (Wildman–Crippen LogP) is 4.30. The van der Waals surface area contributed by atoms with Crippen molar-refractivity contribution in [2.45, 2.75) is 20.5 Å². The lowest BCUT2D eigenvalue weighted by atomic mass is 10.1. The largest absolute Gasteiger partial charge is 0.494 e. The Balaban J connectivity index is 1.83. The van der Waals surface area contributed by atoms with Crippen molar-refractivity contribution in [1.82, 2.24) is 14.5 Å². The number of hydrogen-bond acceptors (Lipinski definition) is 6. The van der Waals surface area contributed by atoms with E-state index in [1.807, 2.05) is 60.9 Å². The van der Waals surface area contributed by atoms with Crippen LogP contribution in [0.15, 0.2) is 60.9 Å². The van der Waals surface area contributed by atoms with Crippen molar-refractivity contribution in [3.05, 3.63) is 77.7 Å². The lowest BCUT2D eigenvalue weighted by molar-refractivity contribution is 0.304. The third-order valence-corrected chi connectivity index (χ3v) is 5.18. The van der Waals surface area contributed by atoms with Gasteiger partial charge in [-0.1, -0.05) is 30.3 Å². The van der Waals surface area contributed by atoms with Crippen LogP contribution in [0.4, 0.5) is 11.5 Å². The molecule has 2 aromatic carbocycles. The van der Waals surface area contributed by atoms with Crippen LogP contribution in [0.2, 0.25) is 0 Å². The van der Waals surface area contributed by atoms with E-state index in [-0.39, 0.29) is 0 Å². The molecule has 31 heavy (non-hydrogen) atoms. The van der Waals surface area contributed by atoms with Crippen molar-refractivity contribution < 1.29 is 9.47 Å². The molecular formula is C24H25N5O2. The quantitative estimate of drug-likeness (QED) is 0.455. The zero-order valence-electron chi connectivity index (χ0n) is 17.8. The molecule has 4 rings (SSSR count). The van der Waals surface area contributed by atoms with Crippen LogP contribution >= 0.6 is 0 Å². The molecule has 7 heteroatoms. The number of pyridine rings is 1. The standard InChI is InChI=1S/C24H25N5O2/c1-15-9-10-27-13-19(15)24-28-16(2)23(26)29(24)20-11-18(12-21(30-3)22(20)25)31-14-17-7-5-4-6-8-17/h4-13H,14,25-26H2,1-3H3. The highest BCUT2D eigenvalue weighted by atomic mass is 16.5. The highest BCUT2D eigenvalue weighted by Gasteiger charge is 2.21. The molecule has 2 aromatic heterocycles. The smallest absolute Gasteiger partial charge is 0.148 e. The number of rotatable bonds is 6. The summed E-state index contributed by atoms with van der Waals surface area (Å²) in [5.74, 6) is 2.27. The maximum atomic E-state index is 6.46. The molecule has 0 atom stereocenters. The Hall–Kier alpha value is -4.00. The van der Waals surface area contributed by atoms with E-state index in [9.17, 15) is 0 Å². The Morgan fingerprint density at radius 2 is 1.81 bits per heavy atom. The van der Waals surface area contributed by atoms with Gasteiger partial charge >= 0.3 is 0 Å². The molecule has 0 aliphatic carbocycles.